The van der Waals surface area contributed by atoms with E-state index in [9.17, 15) is 18.0 Å². The molecule has 0 radical (unpaired) electrons. The van der Waals surface area contributed by atoms with E-state index in [4.69, 9.17) is 17.0 Å². The van der Waals surface area contributed by atoms with Crippen LogP contribution in [0, 0.1) is 0 Å². The molecule has 6 nitrogen and oxygen atoms in total. The maximum Gasteiger partial charge on any atom is 0.435 e. The Labute approximate surface area is 206 Å². The molecule has 4 rings (SSSR count). The van der Waals surface area contributed by atoms with Crippen molar-refractivity contribution in [2.24, 2.45) is 0 Å². The summed E-state index contributed by atoms with van der Waals surface area (Å²) in [6.07, 6.45) is 4.22. The van der Waals surface area contributed by atoms with E-state index in [0.29, 0.717) is 40.9 Å². The van der Waals surface area contributed by atoms with Gasteiger partial charge in [0.1, 0.15) is 5.00 Å². The molecule has 0 saturated heterocycles. The summed E-state index contributed by atoms with van der Waals surface area (Å²) in [6.45, 7) is 0.841. The number of thiophene rings is 1. The zero-order valence-corrected chi connectivity index (χ0v) is 20.7. The molecule has 2 N–H and O–H groups in total. The van der Waals surface area contributed by atoms with Gasteiger partial charge in [-0.2, -0.15) is 18.3 Å². The molecule has 34 heavy (non-hydrogen) atoms. The lowest BCUT2D eigenvalue weighted by atomic mass is 9.96. The number of carbonyl (C=O) groups excluding carboxylic acids is 1. The lowest BCUT2D eigenvalue weighted by Gasteiger charge is -2.12. The van der Waals surface area contributed by atoms with Crippen LogP contribution in [-0.2, 0) is 30.3 Å². The number of aryl methyl sites for hydroxylation is 2. The number of thiocarbonyl (C=S) groups is 1. The Hall–Kier alpha value is -2.14. The first-order valence-corrected chi connectivity index (χ1v) is 12.9. The van der Waals surface area contributed by atoms with Crippen molar-refractivity contribution in [2.45, 2.75) is 76.4 Å². The van der Waals surface area contributed by atoms with Gasteiger partial charge in [-0.15, -0.1) is 11.3 Å². The zero-order chi connectivity index (χ0) is 24.3. The Balaban J connectivity index is 1.35. The van der Waals surface area contributed by atoms with Crippen LogP contribution in [0.3, 0.4) is 0 Å². The highest BCUT2D eigenvalue weighted by Crippen LogP contribution is 2.42. The Morgan fingerprint density at radius 2 is 2.00 bits per heavy atom. The number of anilines is 1. The molecule has 0 spiro atoms. The quantitative estimate of drug-likeness (QED) is 0.282. The number of rotatable bonds is 7. The van der Waals surface area contributed by atoms with Crippen molar-refractivity contribution < 1.29 is 22.7 Å². The maximum atomic E-state index is 13.1. The summed E-state index contributed by atoms with van der Waals surface area (Å²) in [5.74, 6) is -0.190. The summed E-state index contributed by atoms with van der Waals surface area (Å²) < 4.78 is 45.7. The van der Waals surface area contributed by atoms with Crippen LogP contribution in [0.4, 0.5) is 18.2 Å². The largest absolute Gasteiger partial charge is 0.465 e. The third-order valence-electron chi connectivity index (χ3n) is 6.22. The number of aromatic nitrogens is 2. The Bertz CT molecular complexity index is 1040. The van der Waals surface area contributed by atoms with Crippen molar-refractivity contribution in [1.29, 1.82) is 0 Å². The van der Waals surface area contributed by atoms with Crippen LogP contribution in [-0.4, -0.2) is 34.5 Å². The molecule has 2 aliphatic carbocycles. The second-order valence-electron chi connectivity index (χ2n) is 8.80. The van der Waals surface area contributed by atoms with Gasteiger partial charge in [0.15, 0.2) is 10.8 Å². The average Bonchev–Trinajstić information content (AvgIpc) is 3.44. The molecule has 0 aliphatic heterocycles. The fraction of sp³-hybridized carbons (Fsp3) is 0.609. The predicted molar refractivity (Wildman–Crippen MR) is 130 cm³/mol. The van der Waals surface area contributed by atoms with Crippen LogP contribution >= 0.6 is 23.6 Å². The number of carbonyl (C=O) groups is 1. The number of halogens is 3. The summed E-state index contributed by atoms with van der Waals surface area (Å²) in [5.41, 5.74) is 1.46. The zero-order valence-electron chi connectivity index (χ0n) is 19.1. The van der Waals surface area contributed by atoms with Crippen LogP contribution in [0.2, 0.25) is 0 Å². The van der Waals surface area contributed by atoms with Gasteiger partial charge in [-0.25, -0.2) is 4.79 Å². The second kappa shape index (κ2) is 10.6. The minimum absolute atomic E-state index is 0.175. The lowest BCUT2D eigenvalue weighted by molar-refractivity contribution is -0.141. The lowest BCUT2D eigenvalue weighted by Crippen LogP contribution is -2.30. The normalized spacial score (nSPS) is 16.4. The molecule has 2 aromatic heterocycles. The van der Waals surface area contributed by atoms with Crippen LogP contribution in [0.1, 0.15) is 83.1 Å². The van der Waals surface area contributed by atoms with E-state index in [-0.39, 0.29) is 11.9 Å². The molecule has 0 aromatic carbocycles. The van der Waals surface area contributed by atoms with E-state index in [0.717, 1.165) is 50.5 Å². The first-order valence-electron chi connectivity index (χ1n) is 11.7. The van der Waals surface area contributed by atoms with Crippen molar-refractivity contribution in [3.05, 3.63) is 33.5 Å². The molecule has 0 atom stereocenters. The molecular formula is C23H29F3N4O2S2. The second-order valence-corrected chi connectivity index (χ2v) is 10.3. The van der Waals surface area contributed by atoms with Crippen LogP contribution in [0.25, 0.3) is 0 Å². The van der Waals surface area contributed by atoms with E-state index in [2.05, 4.69) is 15.7 Å². The monoisotopic (exact) mass is 514 g/mol. The highest BCUT2D eigenvalue weighted by atomic mass is 32.1. The van der Waals surface area contributed by atoms with Crippen molar-refractivity contribution in [3.63, 3.8) is 0 Å². The number of hydrogen-bond donors (Lipinski definition) is 2. The molecular weight excluding hydrogens is 485 g/mol. The number of alkyl halides is 3. The number of nitrogens with zero attached hydrogens (tertiary/aromatic N) is 2. The molecule has 2 aliphatic rings. The van der Waals surface area contributed by atoms with Gasteiger partial charge in [-0.3, -0.25) is 4.68 Å². The van der Waals surface area contributed by atoms with Gasteiger partial charge in [0.2, 0.25) is 0 Å². The van der Waals surface area contributed by atoms with Gasteiger partial charge in [-0.05, 0) is 68.8 Å². The fourth-order valence-electron chi connectivity index (χ4n) is 4.36. The molecule has 2 heterocycles. The van der Waals surface area contributed by atoms with Crippen LogP contribution in [0.15, 0.2) is 6.07 Å². The highest BCUT2D eigenvalue weighted by molar-refractivity contribution is 7.80. The van der Waals surface area contributed by atoms with Crippen LogP contribution in [0.5, 0.6) is 0 Å². The minimum Gasteiger partial charge on any atom is -0.465 e. The topological polar surface area (TPSA) is 68.2 Å². The van der Waals surface area contributed by atoms with E-state index in [1.54, 1.807) is 11.3 Å². The number of ether oxygens (including phenoxy) is 1. The SMILES string of the molecule is COC(=O)c1c(NC(=S)NCCCn2nc(C(F)(F)F)cc2C2CC2)sc2c1CCCCCC2. The molecule has 0 bridgehead atoms. The Morgan fingerprint density at radius 1 is 1.26 bits per heavy atom. The number of fused-ring (bicyclic) bond motifs is 1. The van der Waals surface area contributed by atoms with Crippen molar-refractivity contribution >= 4 is 39.6 Å². The molecule has 0 amide bonds. The highest BCUT2D eigenvalue weighted by Gasteiger charge is 2.37. The predicted octanol–water partition coefficient (Wildman–Crippen LogP) is 5.66. The Morgan fingerprint density at radius 3 is 2.68 bits per heavy atom. The van der Waals surface area contributed by atoms with Crippen LogP contribution < -0.4 is 10.6 Å². The van der Waals surface area contributed by atoms with Gasteiger partial charge in [-0.1, -0.05) is 12.8 Å². The maximum absolute atomic E-state index is 13.1. The van der Waals surface area contributed by atoms with Gasteiger partial charge in [0, 0.05) is 29.6 Å². The summed E-state index contributed by atoms with van der Waals surface area (Å²) >= 11 is 6.98. The van der Waals surface area contributed by atoms with Crippen molar-refractivity contribution in [1.82, 2.24) is 15.1 Å². The molecule has 1 fully saturated rings. The first-order chi connectivity index (χ1) is 16.3. The van der Waals surface area contributed by atoms with E-state index in [1.165, 1.54) is 29.2 Å². The first kappa shape index (κ1) is 25.0. The molecule has 2 aromatic rings. The van der Waals surface area contributed by atoms with Gasteiger partial charge < -0.3 is 15.4 Å². The van der Waals surface area contributed by atoms with Crippen molar-refractivity contribution in [3.8, 4) is 0 Å². The number of methoxy groups -OCH3 is 1. The summed E-state index contributed by atoms with van der Waals surface area (Å²) in [6, 6.07) is 1.18. The van der Waals surface area contributed by atoms with Gasteiger partial charge in [0.05, 0.1) is 12.7 Å². The summed E-state index contributed by atoms with van der Waals surface area (Å²) in [7, 11) is 1.38. The van der Waals surface area contributed by atoms with Crippen molar-refractivity contribution in [2.75, 3.05) is 19.0 Å². The van der Waals surface area contributed by atoms with E-state index < -0.39 is 11.9 Å². The smallest absolute Gasteiger partial charge is 0.435 e. The molecule has 1 saturated carbocycles. The van der Waals surface area contributed by atoms with Gasteiger partial charge in [0.25, 0.3) is 0 Å². The third kappa shape index (κ3) is 5.91. The third-order valence-corrected chi connectivity index (χ3v) is 7.67. The average molecular weight is 515 g/mol. The standard InChI is InChI=1S/C23H29F3N4O2S2/c1-32-21(31)19-15-7-4-2-3-5-8-17(15)34-20(19)28-22(33)27-11-6-12-30-16(14-9-10-14)13-18(29-30)23(24,25)26/h13-14H,2-12H2,1H3,(H2,27,28,33). The Kier molecular flexibility index (Phi) is 7.81. The van der Waals surface area contributed by atoms with Gasteiger partial charge >= 0.3 is 12.1 Å². The number of esters is 1. The molecule has 0 unspecified atom stereocenters. The molecule has 186 valence electrons. The number of nitrogens with one attached hydrogen (secondary N) is 2. The fourth-order valence-corrected chi connectivity index (χ4v) is 5.91. The summed E-state index contributed by atoms with van der Waals surface area (Å²) in [4.78, 5) is 13.7. The van der Waals surface area contributed by atoms with E-state index in [1.807, 2.05) is 0 Å². The minimum atomic E-state index is -4.44. The number of hydrogen-bond acceptors (Lipinski definition) is 5. The molecule has 11 heteroatoms. The summed E-state index contributed by atoms with van der Waals surface area (Å²) in [5, 5.41) is 11.1. The van der Waals surface area contributed by atoms with E-state index >= 15 is 0 Å².